The lowest BCUT2D eigenvalue weighted by molar-refractivity contribution is 0.0689. The lowest BCUT2D eigenvalue weighted by Gasteiger charge is -2.06. The first-order chi connectivity index (χ1) is 7.16. The van der Waals surface area contributed by atoms with Crippen molar-refractivity contribution >= 4 is 5.97 Å². The summed E-state index contributed by atoms with van der Waals surface area (Å²) in [6.45, 7) is 2.44. The molecule has 4 nitrogen and oxygen atoms in total. The fraction of sp³-hybridized carbons (Fsp3) is 0.455. The molecule has 1 N–H and O–H groups in total. The number of rotatable bonds is 4. The number of hydrogen-bond acceptors (Lipinski definition) is 3. The summed E-state index contributed by atoms with van der Waals surface area (Å²) in [7, 11) is 0. The van der Waals surface area contributed by atoms with Crippen LogP contribution in [0.2, 0.25) is 0 Å². The molecule has 1 aliphatic carbocycles. The summed E-state index contributed by atoms with van der Waals surface area (Å²) in [5.41, 5.74) is 0.726. The molecule has 0 radical (unpaired) electrons. The van der Waals surface area contributed by atoms with E-state index in [9.17, 15) is 4.79 Å². The summed E-state index contributed by atoms with van der Waals surface area (Å²) in [6, 6.07) is 1.72. The van der Waals surface area contributed by atoms with Gasteiger partial charge in [-0.25, -0.2) is 9.78 Å². The second-order valence-corrected chi connectivity index (χ2v) is 3.90. The van der Waals surface area contributed by atoms with E-state index >= 15 is 0 Å². The standard InChI is InChI=1S/C11H13NO3/c1-7-4-9(15-6-8-2-3-8)5-12-10(7)11(13)14/h4-5,8H,2-3,6H2,1H3,(H,13,14). The normalized spacial score (nSPS) is 15.0. The summed E-state index contributed by atoms with van der Waals surface area (Å²) in [5.74, 6) is 0.343. The van der Waals surface area contributed by atoms with E-state index < -0.39 is 5.97 Å². The summed E-state index contributed by atoms with van der Waals surface area (Å²) >= 11 is 0. The molecule has 80 valence electrons. The third kappa shape index (κ3) is 2.46. The van der Waals surface area contributed by atoms with Crippen LogP contribution in [-0.2, 0) is 0 Å². The van der Waals surface area contributed by atoms with E-state index in [-0.39, 0.29) is 5.69 Å². The number of pyridine rings is 1. The molecule has 15 heavy (non-hydrogen) atoms. The molecule has 1 aromatic heterocycles. The van der Waals surface area contributed by atoms with Crippen LogP contribution in [-0.4, -0.2) is 22.7 Å². The number of aromatic carboxylic acids is 1. The quantitative estimate of drug-likeness (QED) is 0.818. The molecular weight excluding hydrogens is 194 g/mol. The number of nitrogens with zero attached hydrogens (tertiary/aromatic N) is 1. The van der Waals surface area contributed by atoms with Crippen molar-refractivity contribution in [2.75, 3.05) is 6.61 Å². The monoisotopic (exact) mass is 207 g/mol. The van der Waals surface area contributed by atoms with Gasteiger partial charge in [0.05, 0.1) is 12.8 Å². The predicted molar refractivity (Wildman–Crippen MR) is 54.2 cm³/mol. The molecule has 0 saturated heterocycles. The molecule has 1 fully saturated rings. The fourth-order valence-corrected chi connectivity index (χ4v) is 1.35. The Hall–Kier alpha value is -1.58. The fourth-order valence-electron chi connectivity index (χ4n) is 1.35. The molecule has 1 aliphatic rings. The smallest absolute Gasteiger partial charge is 0.354 e. The van der Waals surface area contributed by atoms with Crippen LogP contribution in [0.15, 0.2) is 12.3 Å². The number of aromatic nitrogens is 1. The Bertz CT molecular complexity index is 385. The van der Waals surface area contributed by atoms with Gasteiger partial charge in [-0.3, -0.25) is 0 Å². The van der Waals surface area contributed by atoms with Gasteiger partial charge >= 0.3 is 5.97 Å². The summed E-state index contributed by atoms with van der Waals surface area (Å²) < 4.78 is 5.49. The Kier molecular flexibility index (Phi) is 2.58. The first-order valence-electron chi connectivity index (χ1n) is 4.99. The number of carboxylic acids is 1. The van der Waals surface area contributed by atoms with E-state index in [1.54, 1.807) is 13.0 Å². The van der Waals surface area contributed by atoms with E-state index in [1.165, 1.54) is 19.0 Å². The van der Waals surface area contributed by atoms with E-state index in [4.69, 9.17) is 9.84 Å². The van der Waals surface area contributed by atoms with Crippen molar-refractivity contribution in [2.45, 2.75) is 19.8 Å². The van der Waals surface area contributed by atoms with Gasteiger partial charge in [0.15, 0.2) is 5.69 Å². The summed E-state index contributed by atoms with van der Waals surface area (Å²) in [4.78, 5) is 14.6. The van der Waals surface area contributed by atoms with Gasteiger partial charge in [0.2, 0.25) is 0 Å². The van der Waals surface area contributed by atoms with Crippen LogP contribution in [0.1, 0.15) is 28.9 Å². The van der Waals surface area contributed by atoms with Crippen LogP contribution < -0.4 is 4.74 Å². The Morgan fingerprint density at radius 1 is 1.67 bits per heavy atom. The lowest BCUT2D eigenvalue weighted by atomic mass is 10.2. The summed E-state index contributed by atoms with van der Waals surface area (Å²) in [5, 5.41) is 8.78. The molecule has 0 aliphatic heterocycles. The van der Waals surface area contributed by atoms with Gasteiger partial charge in [-0.05, 0) is 37.3 Å². The number of aryl methyl sites for hydroxylation is 1. The second kappa shape index (κ2) is 3.88. The van der Waals surface area contributed by atoms with Crippen molar-refractivity contribution < 1.29 is 14.6 Å². The van der Waals surface area contributed by atoms with E-state index in [1.807, 2.05) is 0 Å². The van der Waals surface area contributed by atoms with Crippen molar-refractivity contribution in [1.29, 1.82) is 0 Å². The van der Waals surface area contributed by atoms with Crippen LogP contribution in [0.3, 0.4) is 0 Å². The van der Waals surface area contributed by atoms with Crippen molar-refractivity contribution in [1.82, 2.24) is 4.98 Å². The maximum absolute atomic E-state index is 10.7. The van der Waals surface area contributed by atoms with Crippen molar-refractivity contribution in [3.8, 4) is 5.75 Å². The molecule has 4 heteroatoms. The molecule has 1 heterocycles. The van der Waals surface area contributed by atoms with Gasteiger partial charge in [-0.15, -0.1) is 0 Å². The van der Waals surface area contributed by atoms with E-state index in [0.717, 1.165) is 0 Å². The number of carbonyl (C=O) groups is 1. The highest BCUT2D eigenvalue weighted by molar-refractivity contribution is 5.87. The van der Waals surface area contributed by atoms with Crippen LogP contribution in [0.4, 0.5) is 0 Å². The Labute approximate surface area is 87.9 Å². The number of ether oxygens (including phenoxy) is 1. The highest BCUT2D eigenvalue weighted by Crippen LogP contribution is 2.29. The third-order valence-electron chi connectivity index (χ3n) is 2.44. The van der Waals surface area contributed by atoms with Crippen LogP contribution in [0.25, 0.3) is 0 Å². The molecule has 0 atom stereocenters. The summed E-state index contributed by atoms with van der Waals surface area (Å²) in [6.07, 6.45) is 3.94. The maximum atomic E-state index is 10.7. The second-order valence-electron chi connectivity index (χ2n) is 3.90. The molecule has 0 amide bonds. The van der Waals surface area contributed by atoms with Crippen molar-refractivity contribution in [3.05, 3.63) is 23.5 Å². The Balaban J connectivity index is 2.06. The van der Waals surface area contributed by atoms with Crippen LogP contribution in [0.5, 0.6) is 5.75 Å². The molecule has 0 unspecified atom stereocenters. The molecule has 0 bridgehead atoms. The van der Waals surface area contributed by atoms with Gasteiger partial charge < -0.3 is 9.84 Å². The van der Waals surface area contributed by atoms with Gasteiger partial charge in [0, 0.05) is 0 Å². The van der Waals surface area contributed by atoms with E-state index in [0.29, 0.717) is 23.8 Å². The third-order valence-corrected chi connectivity index (χ3v) is 2.44. The predicted octanol–water partition coefficient (Wildman–Crippen LogP) is 1.88. The minimum atomic E-state index is -0.999. The zero-order chi connectivity index (χ0) is 10.8. The lowest BCUT2D eigenvalue weighted by Crippen LogP contribution is -2.05. The topological polar surface area (TPSA) is 59.4 Å². The molecule has 1 saturated carbocycles. The largest absolute Gasteiger partial charge is 0.492 e. The zero-order valence-corrected chi connectivity index (χ0v) is 8.56. The Morgan fingerprint density at radius 2 is 2.40 bits per heavy atom. The molecule has 0 aromatic carbocycles. The number of carboxylic acid groups (broad SMARTS) is 1. The minimum absolute atomic E-state index is 0.0915. The van der Waals surface area contributed by atoms with Gasteiger partial charge in [-0.2, -0.15) is 0 Å². The Morgan fingerprint density at radius 3 is 2.93 bits per heavy atom. The highest BCUT2D eigenvalue weighted by atomic mass is 16.5. The first-order valence-corrected chi connectivity index (χ1v) is 4.99. The average Bonchev–Trinajstić information content (AvgIpc) is 2.97. The van der Waals surface area contributed by atoms with Crippen molar-refractivity contribution in [3.63, 3.8) is 0 Å². The van der Waals surface area contributed by atoms with Crippen LogP contribution >= 0.6 is 0 Å². The minimum Gasteiger partial charge on any atom is -0.492 e. The number of hydrogen-bond donors (Lipinski definition) is 1. The van der Waals surface area contributed by atoms with Crippen LogP contribution in [0, 0.1) is 12.8 Å². The van der Waals surface area contributed by atoms with Gasteiger partial charge in [0.1, 0.15) is 5.75 Å². The van der Waals surface area contributed by atoms with E-state index in [2.05, 4.69) is 4.98 Å². The molecule has 2 rings (SSSR count). The zero-order valence-electron chi connectivity index (χ0n) is 8.56. The van der Waals surface area contributed by atoms with Crippen molar-refractivity contribution in [2.24, 2.45) is 5.92 Å². The average molecular weight is 207 g/mol. The molecular formula is C11H13NO3. The highest BCUT2D eigenvalue weighted by Gasteiger charge is 2.22. The molecule has 1 aromatic rings. The maximum Gasteiger partial charge on any atom is 0.354 e. The molecule has 0 spiro atoms. The first kappa shape index (κ1) is 9.96. The van der Waals surface area contributed by atoms with Gasteiger partial charge in [0.25, 0.3) is 0 Å². The SMILES string of the molecule is Cc1cc(OCC2CC2)cnc1C(=O)O. The van der Waals surface area contributed by atoms with Gasteiger partial charge in [-0.1, -0.05) is 0 Å².